The third-order valence-corrected chi connectivity index (χ3v) is 3.24. The fourth-order valence-corrected chi connectivity index (χ4v) is 1.93. The van der Waals surface area contributed by atoms with Gasteiger partial charge in [-0.1, -0.05) is 17.7 Å². The van der Waals surface area contributed by atoms with Crippen LogP contribution in [0.3, 0.4) is 0 Å². The molecule has 1 aromatic carbocycles. The van der Waals surface area contributed by atoms with E-state index in [1.165, 1.54) is 18.2 Å². The van der Waals surface area contributed by atoms with E-state index in [0.29, 0.717) is 11.3 Å². The summed E-state index contributed by atoms with van der Waals surface area (Å²) in [5, 5.41) is -0.0000217. The van der Waals surface area contributed by atoms with Crippen LogP contribution in [0, 0.1) is 5.82 Å². The van der Waals surface area contributed by atoms with Gasteiger partial charge in [0, 0.05) is 6.20 Å². The Bertz CT molecular complexity index is 626. The summed E-state index contributed by atoms with van der Waals surface area (Å²) in [6.07, 6.45) is -3.46. The number of aromatic nitrogens is 1. The van der Waals surface area contributed by atoms with Gasteiger partial charge >= 0.3 is 6.18 Å². The van der Waals surface area contributed by atoms with Crippen LogP contribution in [0.4, 0.5) is 17.6 Å². The Morgan fingerprint density at radius 1 is 1.19 bits per heavy atom. The van der Waals surface area contributed by atoms with Crippen LogP contribution in [0.15, 0.2) is 36.5 Å². The molecule has 1 aromatic heterocycles. The first-order valence-electron chi connectivity index (χ1n) is 6.00. The molecular weight excluding hydrogens is 308 g/mol. The highest BCUT2D eigenvalue weighted by molar-refractivity contribution is 6.30. The van der Waals surface area contributed by atoms with Gasteiger partial charge in [0.15, 0.2) is 0 Å². The highest BCUT2D eigenvalue weighted by Gasteiger charge is 2.30. The van der Waals surface area contributed by atoms with Crippen molar-refractivity contribution in [3.8, 4) is 0 Å². The van der Waals surface area contributed by atoms with Crippen molar-refractivity contribution in [2.75, 3.05) is 0 Å². The van der Waals surface area contributed by atoms with Gasteiger partial charge in [0.1, 0.15) is 5.82 Å². The van der Waals surface area contributed by atoms with E-state index in [2.05, 4.69) is 4.98 Å². The van der Waals surface area contributed by atoms with Crippen molar-refractivity contribution in [1.29, 1.82) is 0 Å². The molecule has 2 N–H and O–H groups in total. The monoisotopic (exact) mass is 318 g/mol. The molecular formula is C14H11ClF4N2. The second-order valence-corrected chi connectivity index (χ2v) is 4.94. The normalized spacial score (nSPS) is 13.2. The van der Waals surface area contributed by atoms with Crippen LogP contribution < -0.4 is 5.73 Å². The number of nitrogens with zero attached hydrogens (tertiary/aromatic N) is 1. The molecule has 0 saturated carbocycles. The third kappa shape index (κ3) is 3.92. The van der Waals surface area contributed by atoms with E-state index in [1.807, 2.05) is 0 Å². The molecule has 0 aliphatic heterocycles. The maximum absolute atomic E-state index is 13.3. The summed E-state index contributed by atoms with van der Waals surface area (Å²) in [5.74, 6) is -0.568. The fraction of sp³-hybridized carbons (Fsp3) is 0.214. The van der Waals surface area contributed by atoms with Crippen LogP contribution in [-0.2, 0) is 12.6 Å². The van der Waals surface area contributed by atoms with Crippen LogP contribution in [0.2, 0.25) is 5.02 Å². The maximum atomic E-state index is 13.3. The van der Waals surface area contributed by atoms with Gasteiger partial charge in [0.2, 0.25) is 0 Å². The third-order valence-electron chi connectivity index (χ3n) is 2.93. The summed E-state index contributed by atoms with van der Waals surface area (Å²) in [5.41, 5.74) is 5.93. The molecule has 1 atom stereocenters. The van der Waals surface area contributed by atoms with Crippen LogP contribution >= 0.6 is 11.6 Å². The predicted octanol–water partition coefficient (Wildman–Crippen LogP) is 4.14. The molecule has 0 fully saturated rings. The van der Waals surface area contributed by atoms with Gasteiger partial charge in [-0.3, -0.25) is 4.98 Å². The van der Waals surface area contributed by atoms with Gasteiger partial charge in [-0.2, -0.15) is 13.2 Å². The van der Waals surface area contributed by atoms with Crippen molar-refractivity contribution < 1.29 is 17.6 Å². The smallest absolute Gasteiger partial charge is 0.322 e. The Morgan fingerprint density at radius 2 is 1.90 bits per heavy atom. The largest absolute Gasteiger partial charge is 0.417 e. The summed E-state index contributed by atoms with van der Waals surface area (Å²) in [6.45, 7) is 0. The van der Waals surface area contributed by atoms with Gasteiger partial charge < -0.3 is 5.73 Å². The molecule has 0 spiro atoms. The summed E-state index contributed by atoms with van der Waals surface area (Å²) < 4.78 is 50.6. The van der Waals surface area contributed by atoms with Crippen molar-refractivity contribution in [1.82, 2.24) is 4.98 Å². The zero-order valence-corrected chi connectivity index (χ0v) is 11.4. The molecule has 0 aliphatic rings. The molecule has 2 rings (SSSR count). The standard InChI is InChI=1S/C14H11ClF4N2/c15-10-3-1-8(5-11(10)16)6-12(20)13-4-2-9(7-21-13)14(17,18)19/h1-5,7,12H,6,20H2. The van der Waals surface area contributed by atoms with Crippen molar-refractivity contribution in [2.45, 2.75) is 18.6 Å². The quantitative estimate of drug-likeness (QED) is 0.864. The van der Waals surface area contributed by atoms with E-state index in [9.17, 15) is 17.6 Å². The number of nitrogens with two attached hydrogens (primary N) is 1. The maximum Gasteiger partial charge on any atom is 0.417 e. The lowest BCUT2D eigenvalue weighted by Gasteiger charge is -2.13. The van der Waals surface area contributed by atoms with E-state index < -0.39 is 23.6 Å². The lowest BCUT2D eigenvalue weighted by atomic mass is 10.0. The molecule has 1 heterocycles. The van der Waals surface area contributed by atoms with E-state index in [1.54, 1.807) is 6.07 Å². The average Bonchev–Trinajstić information content (AvgIpc) is 2.42. The van der Waals surface area contributed by atoms with E-state index in [4.69, 9.17) is 17.3 Å². The van der Waals surface area contributed by atoms with Crippen molar-refractivity contribution in [3.63, 3.8) is 0 Å². The Kier molecular flexibility index (Phi) is 4.49. The van der Waals surface area contributed by atoms with E-state index in [0.717, 1.165) is 12.3 Å². The summed E-state index contributed by atoms with van der Waals surface area (Å²) in [7, 11) is 0. The average molecular weight is 319 g/mol. The van der Waals surface area contributed by atoms with Gasteiger partial charge in [0.25, 0.3) is 0 Å². The molecule has 1 unspecified atom stereocenters. The lowest BCUT2D eigenvalue weighted by molar-refractivity contribution is -0.137. The minimum absolute atomic E-state index is 0.0000217. The number of rotatable bonds is 3. The zero-order chi connectivity index (χ0) is 15.6. The topological polar surface area (TPSA) is 38.9 Å². The van der Waals surface area contributed by atoms with Crippen molar-refractivity contribution in [3.05, 3.63) is 64.2 Å². The Morgan fingerprint density at radius 3 is 2.43 bits per heavy atom. The minimum atomic E-state index is -4.44. The lowest BCUT2D eigenvalue weighted by Crippen LogP contribution is -2.16. The second-order valence-electron chi connectivity index (χ2n) is 4.53. The first-order chi connectivity index (χ1) is 9.77. The highest BCUT2D eigenvalue weighted by atomic mass is 35.5. The SMILES string of the molecule is NC(Cc1ccc(Cl)c(F)c1)c1ccc(C(F)(F)F)cn1. The molecule has 2 aromatic rings. The first kappa shape index (κ1) is 15.7. The van der Waals surface area contributed by atoms with Crippen molar-refractivity contribution in [2.24, 2.45) is 5.73 Å². The van der Waals surface area contributed by atoms with Crippen molar-refractivity contribution >= 4 is 11.6 Å². The van der Waals surface area contributed by atoms with Crippen LogP contribution in [0.5, 0.6) is 0 Å². The number of alkyl halides is 3. The van der Waals surface area contributed by atoms with Gasteiger partial charge in [-0.25, -0.2) is 4.39 Å². The molecule has 0 bridgehead atoms. The first-order valence-corrected chi connectivity index (χ1v) is 6.38. The van der Waals surface area contributed by atoms with Gasteiger partial charge in [-0.05, 0) is 36.2 Å². The molecule has 0 saturated heterocycles. The second kappa shape index (κ2) is 5.99. The van der Waals surface area contributed by atoms with E-state index in [-0.39, 0.29) is 11.4 Å². The number of hydrogen-bond donors (Lipinski definition) is 1. The Hall–Kier alpha value is -1.66. The van der Waals surface area contributed by atoms with Gasteiger partial charge in [-0.15, -0.1) is 0 Å². The molecule has 21 heavy (non-hydrogen) atoms. The number of hydrogen-bond acceptors (Lipinski definition) is 2. The van der Waals surface area contributed by atoms with Crippen LogP contribution in [-0.4, -0.2) is 4.98 Å². The molecule has 2 nitrogen and oxygen atoms in total. The fourth-order valence-electron chi connectivity index (χ4n) is 1.82. The summed E-state index contributed by atoms with van der Waals surface area (Å²) >= 11 is 5.57. The highest BCUT2D eigenvalue weighted by Crippen LogP contribution is 2.29. The zero-order valence-electron chi connectivity index (χ0n) is 10.7. The number of benzene rings is 1. The Balaban J connectivity index is 2.13. The van der Waals surface area contributed by atoms with Crippen LogP contribution in [0.1, 0.15) is 22.9 Å². The Labute approximate surface area is 123 Å². The predicted molar refractivity (Wildman–Crippen MR) is 71.3 cm³/mol. The molecule has 0 aliphatic carbocycles. The summed E-state index contributed by atoms with van der Waals surface area (Å²) in [6, 6.07) is 5.76. The number of halogens is 5. The number of pyridine rings is 1. The minimum Gasteiger partial charge on any atom is -0.322 e. The summed E-state index contributed by atoms with van der Waals surface area (Å²) in [4.78, 5) is 3.72. The van der Waals surface area contributed by atoms with Gasteiger partial charge in [0.05, 0.1) is 22.3 Å². The van der Waals surface area contributed by atoms with E-state index >= 15 is 0 Å². The molecule has 7 heteroatoms. The molecule has 0 amide bonds. The molecule has 0 radical (unpaired) electrons. The van der Waals surface area contributed by atoms with Crippen LogP contribution in [0.25, 0.3) is 0 Å². The molecule has 112 valence electrons.